The Kier molecular flexibility index (Phi) is 6.98. The summed E-state index contributed by atoms with van der Waals surface area (Å²) < 4.78 is 13.1. The van der Waals surface area contributed by atoms with Crippen molar-refractivity contribution in [3.8, 4) is 11.9 Å². The topological polar surface area (TPSA) is 171 Å². The molecule has 12 heteroatoms. The number of carbonyl (C=O) groups is 1. The van der Waals surface area contributed by atoms with Crippen molar-refractivity contribution in [2.75, 3.05) is 6.61 Å². The lowest BCUT2D eigenvalue weighted by molar-refractivity contribution is -0.126. The molecule has 0 aliphatic heterocycles. The second-order valence-electron chi connectivity index (χ2n) is 8.50. The number of nitriles is 1. The first-order valence-electron chi connectivity index (χ1n) is 11.0. The van der Waals surface area contributed by atoms with Crippen LogP contribution in [0.25, 0.3) is 11.1 Å². The average molecular weight is 476 g/mol. The third-order valence-electron chi connectivity index (χ3n) is 5.17. The van der Waals surface area contributed by atoms with Gasteiger partial charge in [0.25, 0.3) is 0 Å². The van der Waals surface area contributed by atoms with Gasteiger partial charge in [-0.3, -0.25) is 4.79 Å². The van der Waals surface area contributed by atoms with E-state index in [4.69, 9.17) is 14.9 Å². The quantitative estimate of drug-likeness (QED) is 0.345. The number of tetrazole rings is 1. The fourth-order valence-corrected chi connectivity index (χ4v) is 3.36. The number of nitrogens with zero attached hydrogens (tertiary/aromatic N) is 7. The minimum absolute atomic E-state index is 0.0663. The van der Waals surface area contributed by atoms with E-state index in [1.54, 1.807) is 38.2 Å². The molecule has 0 unspecified atom stereocenters. The number of rotatable bonds is 10. The number of ether oxygens (including phenoxy) is 1. The minimum atomic E-state index is -1.15. The van der Waals surface area contributed by atoms with Crippen LogP contribution in [0.3, 0.4) is 0 Å². The van der Waals surface area contributed by atoms with Crippen LogP contribution in [0.2, 0.25) is 0 Å². The number of nitrogens with two attached hydrogens (primary N) is 1. The molecule has 35 heavy (non-hydrogen) atoms. The van der Waals surface area contributed by atoms with Crippen molar-refractivity contribution in [1.82, 2.24) is 35.5 Å². The lowest BCUT2D eigenvalue weighted by Crippen LogP contribution is -2.50. The third-order valence-corrected chi connectivity index (χ3v) is 5.17. The number of hydrogen-bond donors (Lipinski definition) is 2. The highest BCUT2D eigenvalue weighted by atomic mass is 16.5. The Hall–Kier alpha value is -4.37. The third kappa shape index (κ3) is 5.77. The van der Waals surface area contributed by atoms with Gasteiger partial charge < -0.3 is 20.2 Å². The van der Waals surface area contributed by atoms with Gasteiger partial charge in [-0.2, -0.15) is 5.26 Å². The number of carbonyl (C=O) groups excluding carboxylic acids is 1. The number of aromatic nitrogens is 6. The van der Waals surface area contributed by atoms with Gasteiger partial charge in [0.15, 0.2) is 17.3 Å². The maximum atomic E-state index is 12.8. The number of fused-ring (bicyclic) bond motifs is 1. The zero-order chi connectivity index (χ0) is 24.8. The number of benzene rings is 1. The van der Waals surface area contributed by atoms with E-state index in [0.29, 0.717) is 28.7 Å². The summed E-state index contributed by atoms with van der Waals surface area (Å²) in [4.78, 5) is 21.4. The van der Waals surface area contributed by atoms with Gasteiger partial charge in [0.1, 0.15) is 18.2 Å². The lowest BCUT2D eigenvalue weighted by Gasteiger charge is -2.24. The summed E-state index contributed by atoms with van der Waals surface area (Å²) in [5.41, 5.74) is 6.18. The van der Waals surface area contributed by atoms with E-state index < -0.39 is 23.5 Å². The standard InChI is InChI=1S/C23H25N9O3/c1-23(2,25)22(33)28-17(13-20-27-16-7-3-4-8-18(16)35-20)21-29-30-31-32(21)15(10-11-24)14-34-19-9-5-6-12-26-19/h3-9,12,15,17H,10,13-14,25H2,1-2H3,(H,28,33)/t15-,17-/m1/s1. The normalized spacial score (nSPS) is 13.2. The van der Waals surface area contributed by atoms with Gasteiger partial charge in [0, 0.05) is 12.3 Å². The Bertz CT molecular complexity index is 1290. The molecule has 4 aromatic rings. The fourth-order valence-electron chi connectivity index (χ4n) is 3.36. The molecule has 0 aliphatic carbocycles. The lowest BCUT2D eigenvalue weighted by atomic mass is 10.0. The Labute approximate surface area is 201 Å². The highest BCUT2D eigenvalue weighted by Gasteiger charge is 2.31. The van der Waals surface area contributed by atoms with Crippen LogP contribution in [0.15, 0.2) is 53.1 Å². The first kappa shape index (κ1) is 23.8. The molecule has 0 fully saturated rings. The van der Waals surface area contributed by atoms with Crippen molar-refractivity contribution in [2.45, 2.75) is 44.3 Å². The summed E-state index contributed by atoms with van der Waals surface area (Å²) in [6.07, 6.45) is 1.84. The van der Waals surface area contributed by atoms with Crippen molar-refractivity contribution in [2.24, 2.45) is 5.73 Å². The molecule has 0 saturated heterocycles. The maximum Gasteiger partial charge on any atom is 0.240 e. The second kappa shape index (κ2) is 10.3. The van der Waals surface area contributed by atoms with Gasteiger partial charge in [0.05, 0.1) is 30.5 Å². The zero-order valence-electron chi connectivity index (χ0n) is 19.3. The summed E-state index contributed by atoms with van der Waals surface area (Å²) in [7, 11) is 0. The molecule has 0 aliphatic rings. The predicted molar refractivity (Wildman–Crippen MR) is 124 cm³/mol. The summed E-state index contributed by atoms with van der Waals surface area (Å²) in [6.45, 7) is 3.29. The Morgan fingerprint density at radius 3 is 2.80 bits per heavy atom. The molecule has 2 atom stereocenters. The van der Waals surface area contributed by atoms with Crippen molar-refractivity contribution in [1.29, 1.82) is 5.26 Å². The molecule has 3 N–H and O–H groups in total. The highest BCUT2D eigenvalue weighted by molar-refractivity contribution is 5.85. The zero-order valence-corrected chi connectivity index (χ0v) is 19.3. The smallest absolute Gasteiger partial charge is 0.240 e. The minimum Gasteiger partial charge on any atom is -0.475 e. The van der Waals surface area contributed by atoms with E-state index in [1.165, 1.54) is 4.68 Å². The van der Waals surface area contributed by atoms with Crippen LogP contribution in [0.1, 0.15) is 44.1 Å². The molecular formula is C23H25N9O3. The van der Waals surface area contributed by atoms with Crippen LogP contribution in [0.4, 0.5) is 0 Å². The number of pyridine rings is 1. The SMILES string of the molecule is CC(C)(N)C(=O)N[C@H](Cc1nc2ccccc2o1)c1nnnn1[C@H](CC#N)COc1ccccn1. The number of hydrogen-bond acceptors (Lipinski definition) is 10. The van der Waals surface area contributed by atoms with E-state index >= 15 is 0 Å². The van der Waals surface area contributed by atoms with E-state index in [2.05, 4.69) is 36.9 Å². The average Bonchev–Trinajstić information content (AvgIpc) is 3.48. The van der Waals surface area contributed by atoms with E-state index in [-0.39, 0.29) is 19.4 Å². The molecule has 12 nitrogen and oxygen atoms in total. The van der Waals surface area contributed by atoms with Gasteiger partial charge in [-0.1, -0.05) is 18.2 Å². The molecule has 180 valence electrons. The highest BCUT2D eigenvalue weighted by Crippen LogP contribution is 2.24. The molecule has 0 bridgehead atoms. The largest absolute Gasteiger partial charge is 0.475 e. The first-order chi connectivity index (χ1) is 16.8. The molecular weight excluding hydrogens is 450 g/mol. The molecule has 0 spiro atoms. The van der Waals surface area contributed by atoms with Crippen LogP contribution in [-0.4, -0.2) is 48.2 Å². The van der Waals surface area contributed by atoms with Gasteiger partial charge >= 0.3 is 0 Å². The van der Waals surface area contributed by atoms with E-state index in [9.17, 15) is 10.1 Å². The maximum absolute atomic E-state index is 12.8. The summed E-state index contributed by atoms with van der Waals surface area (Å²) in [6, 6.07) is 13.5. The molecule has 4 rings (SSSR count). The number of oxazole rings is 1. The van der Waals surface area contributed by atoms with Gasteiger partial charge in [-0.25, -0.2) is 14.6 Å². The van der Waals surface area contributed by atoms with E-state index in [0.717, 1.165) is 0 Å². The van der Waals surface area contributed by atoms with Crippen molar-refractivity contribution >= 4 is 17.0 Å². The Morgan fingerprint density at radius 1 is 1.29 bits per heavy atom. The first-order valence-corrected chi connectivity index (χ1v) is 11.0. The molecule has 1 aromatic carbocycles. The van der Waals surface area contributed by atoms with Crippen LogP contribution >= 0.6 is 0 Å². The van der Waals surface area contributed by atoms with E-state index in [1.807, 2.05) is 24.3 Å². The molecule has 1 amide bonds. The summed E-state index contributed by atoms with van der Waals surface area (Å²) in [5.74, 6) is 0.707. The number of nitrogens with one attached hydrogen (secondary N) is 1. The monoisotopic (exact) mass is 475 g/mol. The van der Waals surface area contributed by atoms with Crippen molar-refractivity contribution in [3.63, 3.8) is 0 Å². The van der Waals surface area contributed by atoms with Crippen LogP contribution in [0.5, 0.6) is 5.88 Å². The summed E-state index contributed by atoms with van der Waals surface area (Å²) >= 11 is 0. The van der Waals surface area contributed by atoms with Crippen LogP contribution in [0, 0.1) is 11.3 Å². The molecule has 3 aromatic heterocycles. The fraction of sp³-hybridized carbons (Fsp3) is 0.348. The Morgan fingerprint density at radius 2 is 2.09 bits per heavy atom. The molecule has 0 radical (unpaired) electrons. The van der Waals surface area contributed by atoms with Gasteiger partial charge in [-0.05, 0) is 42.5 Å². The van der Waals surface area contributed by atoms with Crippen LogP contribution < -0.4 is 15.8 Å². The van der Waals surface area contributed by atoms with Crippen LogP contribution in [-0.2, 0) is 11.2 Å². The Balaban J connectivity index is 1.64. The van der Waals surface area contributed by atoms with Crippen molar-refractivity contribution < 1.29 is 13.9 Å². The van der Waals surface area contributed by atoms with Crippen molar-refractivity contribution in [3.05, 3.63) is 60.4 Å². The van der Waals surface area contributed by atoms with Gasteiger partial charge in [-0.15, -0.1) is 5.10 Å². The number of para-hydroxylation sites is 2. The molecule has 0 saturated carbocycles. The second-order valence-corrected chi connectivity index (χ2v) is 8.50. The molecule has 3 heterocycles. The number of amides is 1. The summed E-state index contributed by atoms with van der Waals surface area (Å²) in [5, 5.41) is 24.4. The predicted octanol–water partition coefficient (Wildman–Crippen LogP) is 1.88. The van der Waals surface area contributed by atoms with Gasteiger partial charge in [0.2, 0.25) is 11.8 Å².